The number of aryl methyl sites for hydroxylation is 1. The molecule has 1 aliphatic heterocycles. The Morgan fingerprint density at radius 2 is 1.94 bits per heavy atom. The van der Waals surface area contributed by atoms with E-state index in [1.54, 1.807) is 24.7 Å². The van der Waals surface area contributed by atoms with Crippen LogP contribution in [0.5, 0.6) is 17.6 Å². The maximum atomic E-state index is 5.72. The standard InChI is InChI=1S/C23H25N5O4/c1-18-4-2-5-19(14-18)16-25-32-22-15-21(28-8-10-29-11-9-28)26-23(27-22)31-13-12-30-20-6-3-7-24-17-20/h2-7,14-17H,8-13H2,1H3/b25-16+. The number of pyridine rings is 1. The molecule has 0 radical (unpaired) electrons. The number of ether oxygens (including phenoxy) is 3. The fourth-order valence-electron chi connectivity index (χ4n) is 3.07. The average Bonchev–Trinajstić information content (AvgIpc) is 2.83. The number of hydrogen-bond donors (Lipinski definition) is 0. The van der Waals surface area contributed by atoms with Crippen LogP contribution in [0.2, 0.25) is 0 Å². The minimum Gasteiger partial charge on any atom is -0.488 e. The molecule has 0 saturated carbocycles. The molecule has 0 aliphatic carbocycles. The van der Waals surface area contributed by atoms with E-state index in [0.717, 1.165) is 24.2 Å². The summed E-state index contributed by atoms with van der Waals surface area (Å²) in [7, 11) is 0. The molecule has 0 unspecified atom stereocenters. The third kappa shape index (κ3) is 6.39. The van der Waals surface area contributed by atoms with E-state index in [4.69, 9.17) is 19.0 Å². The van der Waals surface area contributed by atoms with Crippen LogP contribution in [-0.4, -0.2) is 60.7 Å². The van der Waals surface area contributed by atoms with Crippen molar-refractivity contribution in [3.05, 3.63) is 66.0 Å². The topological polar surface area (TPSA) is 91.2 Å². The highest BCUT2D eigenvalue weighted by Crippen LogP contribution is 2.22. The van der Waals surface area contributed by atoms with Crippen LogP contribution < -0.4 is 19.2 Å². The smallest absolute Gasteiger partial charge is 0.321 e. The van der Waals surface area contributed by atoms with Crippen LogP contribution in [0.1, 0.15) is 11.1 Å². The van der Waals surface area contributed by atoms with Gasteiger partial charge in [0.1, 0.15) is 24.8 Å². The quantitative estimate of drug-likeness (QED) is 0.288. The van der Waals surface area contributed by atoms with Crippen molar-refractivity contribution in [2.45, 2.75) is 6.92 Å². The van der Waals surface area contributed by atoms with Crippen LogP contribution in [-0.2, 0) is 4.74 Å². The molecule has 0 atom stereocenters. The number of morpholine rings is 1. The fraction of sp³-hybridized carbons (Fsp3) is 0.304. The molecule has 1 aromatic carbocycles. The van der Waals surface area contributed by atoms with Gasteiger partial charge in [0.05, 0.1) is 25.6 Å². The normalized spacial score (nSPS) is 13.8. The van der Waals surface area contributed by atoms with Gasteiger partial charge in [-0.1, -0.05) is 35.0 Å². The molecule has 166 valence electrons. The van der Waals surface area contributed by atoms with Gasteiger partial charge in [0.2, 0.25) is 0 Å². The Hall–Kier alpha value is -3.72. The summed E-state index contributed by atoms with van der Waals surface area (Å²) in [5.41, 5.74) is 2.09. The fourth-order valence-corrected chi connectivity index (χ4v) is 3.07. The number of anilines is 1. The first-order valence-corrected chi connectivity index (χ1v) is 10.4. The lowest BCUT2D eigenvalue weighted by Crippen LogP contribution is -2.36. The summed E-state index contributed by atoms with van der Waals surface area (Å²) in [6.07, 6.45) is 4.98. The van der Waals surface area contributed by atoms with Crippen molar-refractivity contribution < 1.29 is 19.0 Å². The average molecular weight is 435 g/mol. The zero-order valence-corrected chi connectivity index (χ0v) is 17.9. The maximum absolute atomic E-state index is 5.72. The van der Waals surface area contributed by atoms with Gasteiger partial charge >= 0.3 is 6.01 Å². The van der Waals surface area contributed by atoms with Crippen molar-refractivity contribution in [1.29, 1.82) is 0 Å². The van der Waals surface area contributed by atoms with Gasteiger partial charge in [0.15, 0.2) is 0 Å². The van der Waals surface area contributed by atoms with E-state index in [0.29, 0.717) is 37.3 Å². The van der Waals surface area contributed by atoms with E-state index in [9.17, 15) is 0 Å². The molecule has 0 spiro atoms. The van der Waals surface area contributed by atoms with Gasteiger partial charge < -0.3 is 23.9 Å². The molecule has 1 saturated heterocycles. The summed E-state index contributed by atoms with van der Waals surface area (Å²) in [5.74, 6) is 1.68. The minimum atomic E-state index is 0.199. The van der Waals surface area contributed by atoms with Crippen LogP contribution in [0.25, 0.3) is 0 Å². The second-order valence-corrected chi connectivity index (χ2v) is 7.07. The molecule has 0 N–H and O–H groups in total. The lowest BCUT2D eigenvalue weighted by atomic mass is 10.2. The molecule has 0 bridgehead atoms. The van der Waals surface area contributed by atoms with Crippen molar-refractivity contribution in [3.8, 4) is 17.6 Å². The molecule has 3 heterocycles. The van der Waals surface area contributed by atoms with Crippen molar-refractivity contribution in [3.63, 3.8) is 0 Å². The minimum absolute atomic E-state index is 0.199. The highest BCUT2D eigenvalue weighted by atomic mass is 16.6. The Labute approximate surface area is 186 Å². The first-order valence-electron chi connectivity index (χ1n) is 10.4. The first-order chi connectivity index (χ1) is 15.8. The van der Waals surface area contributed by atoms with Crippen LogP contribution in [0.15, 0.2) is 60.0 Å². The molecule has 0 amide bonds. The molecular weight excluding hydrogens is 410 g/mol. The SMILES string of the molecule is Cc1cccc(/C=N/Oc2cc(N3CCOCC3)nc(OCCOc3cccnc3)n2)c1. The van der Waals surface area contributed by atoms with Crippen molar-refractivity contribution in [2.75, 3.05) is 44.4 Å². The van der Waals surface area contributed by atoms with Crippen LogP contribution in [0, 0.1) is 6.92 Å². The Morgan fingerprint density at radius 1 is 1.06 bits per heavy atom. The number of nitrogens with zero attached hydrogens (tertiary/aromatic N) is 5. The highest BCUT2D eigenvalue weighted by Gasteiger charge is 2.16. The number of benzene rings is 1. The van der Waals surface area contributed by atoms with Gasteiger partial charge in [0, 0.05) is 25.4 Å². The molecule has 2 aromatic heterocycles. The van der Waals surface area contributed by atoms with E-state index in [1.165, 1.54) is 0 Å². The molecule has 32 heavy (non-hydrogen) atoms. The first kappa shape index (κ1) is 21.5. The number of aromatic nitrogens is 3. The largest absolute Gasteiger partial charge is 0.488 e. The number of hydrogen-bond acceptors (Lipinski definition) is 9. The molecule has 4 rings (SSSR count). The Kier molecular flexibility index (Phi) is 7.43. The van der Waals surface area contributed by atoms with Crippen LogP contribution >= 0.6 is 0 Å². The molecule has 9 heteroatoms. The summed E-state index contributed by atoms with van der Waals surface area (Å²) in [4.78, 5) is 20.5. The third-order valence-electron chi connectivity index (χ3n) is 4.61. The van der Waals surface area contributed by atoms with Crippen molar-refractivity contribution in [1.82, 2.24) is 15.0 Å². The predicted octanol–water partition coefficient (Wildman–Crippen LogP) is 2.89. The Morgan fingerprint density at radius 3 is 2.75 bits per heavy atom. The Balaban J connectivity index is 1.42. The summed E-state index contributed by atoms with van der Waals surface area (Å²) in [6.45, 7) is 5.37. The summed E-state index contributed by atoms with van der Waals surface area (Å²) in [5, 5.41) is 4.07. The second kappa shape index (κ2) is 11.1. The van der Waals surface area contributed by atoms with E-state index in [2.05, 4.69) is 25.0 Å². The Bertz CT molecular complexity index is 1030. The van der Waals surface area contributed by atoms with E-state index in [1.807, 2.05) is 43.3 Å². The maximum Gasteiger partial charge on any atom is 0.321 e. The molecule has 9 nitrogen and oxygen atoms in total. The zero-order valence-electron chi connectivity index (χ0n) is 17.9. The van der Waals surface area contributed by atoms with E-state index < -0.39 is 0 Å². The van der Waals surface area contributed by atoms with Crippen LogP contribution in [0.4, 0.5) is 5.82 Å². The van der Waals surface area contributed by atoms with Gasteiger partial charge in [-0.15, -0.1) is 0 Å². The van der Waals surface area contributed by atoms with Crippen molar-refractivity contribution >= 4 is 12.0 Å². The van der Waals surface area contributed by atoms with Gasteiger partial charge in [-0.3, -0.25) is 4.98 Å². The van der Waals surface area contributed by atoms with Gasteiger partial charge in [-0.2, -0.15) is 9.97 Å². The summed E-state index contributed by atoms with van der Waals surface area (Å²) < 4.78 is 16.8. The summed E-state index contributed by atoms with van der Waals surface area (Å²) >= 11 is 0. The molecular formula is C23H25N5O4. The van der Waals surface area contributed by atoms with E-state index in [-0.39, 0.29) is 12.6 Å². The van der Waals surface area contributed by atoms with E-state index >= 15 is 0 Å². The van der Waals surface area contributed by atoms with Gasteiger partial charge in [-0.25, -0.2) is 0 Å². The second-order valence-electron chi connectivity index (χ2n) is 7.07. The monoisotopic (exact) mass is 435 g/mol. The van der Waals surface area contributed by atoms with Crippen LogP contribution in [0.3, 0.4) is 0 Å². The van der Waals surface area contributed by atoms with Gasteiger partial charge in [0.25, 0.3) is 5.88 Å². The third-order valence-corrected chi connectivity index (χ3v) is 4.61. The molecule has 3 aromatic rings. The zero-order chi connectivity index (χ0) is 22.0. The lowest BCUT2D eigenvalue weighted by molar-refractivity contribution is 0.122. The van der Waals surface area contributed by atoms with Crippen molar-refractivity contribution in [2.24, 2.45) is 5.16 Å². The summed E-state index contributed by atoms with van der Waals surface area (Å²) in [6, 6.07) is 13.6. The highest BCUT2D eigenvalue weighted by molar-refractivity contribution is 5.79. The lowest BCUT2D eigenvalue weighted by Gasteiger charge is -2.27. The molecule has 1 aliphatic rings. The number of oxime groups is 1. The molecule has 1 fully saturated rings. The predicted molar refractivity (Wildman–Crippen MR) is 120 cm³/mol. The van der Waals surface area contributed by atoms with Gasteiger partial charge in [-0.05, 0) is 24.6 Å². The number of rotatable bonds is 9.